The van der Waals surface area contributed by atoms with E-state index in [9.17, 15) is 9.59 Å². The van der Waals surface area contributed by atoms with Crippen LogP contribution in [0.3, 0.4) is 0 Å². The van der Waals surface area contributed by atoms with Crippen molar-refractivity contribution in [3.05, 3.63) is 71.9 Å². The lowest BCUT2D eigenvalue weighted by molar-refractivity contribution is 0.0600. The fourth-order valence-electron chi connectivity index (χ4n) is 2.55. The highest BCUT2D eigenvalue weighted by Gasteiger charge is 2.11. The molecule has 0 saturated heterocycles. The second-order valence-corrected chi connectivity index (χ2v) is 6.40. The molecule has 0 atom stereocenters. The van der Waals surface area contributed by atoms with E-state index in [-0.39, 0.29) is 5.69 Å². The summed E-state index contributed by atoms with van der Waals surface area (Å²) in [5, 5.41) is 13.8. The number of methoxy groups -OCH3 is 1. The largest absolute Gasteiger partial charge is 0.465 e. The van der Waals surface area contributed by atoms with Crippen LogP contribution >= 0.6 is 0 Å². The van der Waals surface area contributed by atoms with Crippen molar-refractivity contribution >= 4 is 34.8 Å². The average Bonchev–Trinajstić information content (AvgIpc) is 2.74. The highest BCUT2D eigenvalue weighted by atomic mass is 16.5. The molecule has 0 spiro atoms. The normalized spacial score (nSPS) is 10.2. The summed E-state index contributed by atoms with van der Waals surface area (Å²) in [5.41, 5.74) is 2.91. The molecule has 0 aliphatic carbocycles. The minimum Gasteiger partial charge on any atom is -0.465 e. The van der Waals surface area contributed by atoms with Gasteiger partial charge in [-0.25, -0.2) is 4.79 Å². The molecule has 0 saturated carbocycles. The van der Waals surface area contributed by atoms with Crippen LogP contribution in [-0.4, -0.2) is 43.3 Å². The van der Waals surface area contributed by atoms with Crippen molar-refractivity contribution in [1.82, 2.24) is 10.2 Å². The Morgan fingerprint density at radius 2 is 1.69 bits per heavy atom. The van der Waals surface area contributed by atoms with E-state index in [0.29, 0.717) is 17.1 Å². The van der Waals surface area contributed by atoms with E-state index in [4.69, 9.17) is 0 Å². The number of carbonyl (C=O) groups is 2. The summed E-state index contributed by atoms with van der Waals surface area (Å²) >= 11 is 0. The van der Waals surface area contributed by atoms with Gasteiger partial charge in [-0.1, -0.05) is 6.07 Å². The topological polar surface area (TPSA) is 96.4 Å². The van der Waals surface area contributed by atoms with Crippen molar-refractivity contribution in [2.45, 2.75) is 0 Å². The summed E-state index contributed by atoms with van der Waals surface area (Å²) in [5.74, 6) is -0.386. The first-order valence-corrected chi connectivity index (χ1v) is 8.84. The van der Waals surface area contributed by atoms with Gasteiger partial charge in [0.15, 0.2) is 11.5 Å². The number of anilines is 4. The lowest BCUT2D eigenvalue weighted by atomic mass is 10.2. The highest BCUT2D eigenvalue weighted by molar-refractivity contribution is 6.03. The first-order chi connectivity index (χ1) is 14.0. The smallest absolute Gasteiger partial charge is 0.337 e. The number of esters is 1. The molecule has 8 nitrogen and oxygen atoms in total. The van der Waals surface area contributed by atoms with Gasteiger partial charge in [0, 0.05) is 31.2 Å². The summed E-state index contributed by atoms with van der Waals surface area (Å²) < 4.78 is 4.68. The van der Waals surface area contributed by atoms with Crippen LogP contribution in [0.2, 0.25) is 0 Å². The predicted octanol–water partition coefficient (Wildman–Crippen LogP) is 3.33. The van der Waals surface area contributed by atoms with Crippen LogP contribution in [0.1, 0.15) is 20.8 Å². The third-order valence-electron chi connectivity index (χ3n) is 4.09. The molecule has 1 heterocycles. The number of hydrogen-bond donors (Lipinski definition) is 2. The highest BCUT2D eigenvalue weighted by Crippen LogP contribution is 2.19. The molecule has 0 bridgehead atoms. The van der Waals surface area contributed by atoms with Crippen molar-refractivity contribution in [3.8, 4) is 0 Å². The summed E-state index contributed by atoms with van der Waals surface area (Å²) in [6, 6.07) is 17.6. The minimum absolute atomic E-state index is 0.155. The Bertz CT molecular complexity index is 1000. The number of ether oxygens (including phenoxy) is 1. The van der Waals surface area contributed by atoms with E-state index >= 15 is 0 Å². The molecule has 0 aliphatic heterocycles. The zero-order valence-corrected chi connectivity index (χ0v) is 16.3. The summed E-state index contributed by atoms with van der Waals surface area (Å²) in [6.07, 6.45) is 0. The fourth-order valence-corrected chi connectivity index (χ4v) is 2.55. The maximum Gasteiger partial charge on any atom is 0.337 e. The molecule has 8 heteroatoms. The Labute approximate surface area is 168 Å². The minimum atomic E-state index is -0.477. The monoisotopic (exact) mass is 391 g/mol. The van der Waals surface area contributed by atoms with Gasteiger partial charge in [-0.15, -0.1) is 10.2 Å². The summed E-state index contributed by atoms with van der Waals surface area (Å²) in [7, 11) is 5.25. The van der Waals surface area contributed by atoms with Crippen LogP contribution in [0.4, 0.5) is 22.9 Å². The van der Waals surface area contributed by atoms with Crippen molar-refractivity contribution in [2.24, 2.45) is 0 Å². The molecule has 0 aliphatic rings. The van der Waals surface area contributed by atoms with Crippen LogP contribution in [0, 0.1) is 0 Å². The maximum atomic E-state index is 12.4. The maximum absolute atomic E-state index is 12.4. The van der Waals surface area contributed by atoms with E-state index < -0.39 is 11.9 Å². The molecule has 2 N–H and O–H groups in total. The van der Waals surface area contributed by atoms with Gasteiger partial charge in [0.25, 0.3) is 5.91 Å². The third-order valence-corrected chi connectivity index (χ3v) is 4.09. The van der Waals surface area contributed by atoms with Gasteiger partial charge in [-0.3, -0.25) is 4.79 Å². The summed E-state index contributed by atoms with van der Waals surface area (Å²) in [6.45, 7) is 0. The van der Waals surface area contributed by atoms with E-state index in [1.165, 1.54) is 13.2 Å². The van der Waals surface area contributed by atoms with Gasteiger partial charge in [0.05, 0.1) is 12.7 Å². The fraction of sp³-hybridized carbons (Fsp3) is 0.143. The molecule has 29 heavy (non-hydrogen) atoms. The molecule has 1 amide bonds. The molecule has 0 fully saturated rings. The van der Waals surface area contributed by atoms with E-state index in [2.05, 4.69) is 25.6 Å². The Balaban J connectivity index is 1.65. The van der Waals surface area contributed by atoms with Crippen LogP contribution in [-0.2, 0) is 4.74 Å². The lowest BCUT2D eigenvalue weighted by Gasteiger charge is -2.13. The number of nitrogens with zero attached hydrogens (tertiary/aromatic N) is 3. The van der Waals surface area contributed by atoms with Gasteiger partial charge in [-0.05, 0) is 54.6 Å². The quantitative estimate of drug-likeness (QED) is 0.622. The Morgan fingerprint density at radius 1 is 0.931 bits per heavy atom. The number of carbonyl (C=O) groups excluding carboxylic acids is 2. The molecule has 3 rings (SSSR count). The molecule has 148 valence electrons. The molecule has 2 aromatic carbocycles. The van der Waals surface area contributed by atoms with Gasteiger partial charge in [0.1, 0.15) is 0 Å². The Kier molecular flexibility index (Phi) is 6.03. The molecular weight excluding hydrogens is 370 g/mol. The zero-order chi connectivity index (χ0) is 20.8. The number of benzene rings is 2. The molecule has 0 unspecified atom stereocenters. The van der Waals surface area contributed by atoms with Gasteiger partial charge in [-0.2, -0.15) is 0 Å². The predicted molar refractivity (Wildman–Crippen MR) is 112 cm³/mol. The van der Waals surface area contributed by atoms with Crippen LogP contribution in [0.5, 0.6) is 0 Å². The Morgan fingerprint density at radius 3 is 2.31 bits per heavy atom. The van der Waals surface area contributed by atoms with Crippen LogP contribution < -0.4 is 15.5 Å². The number of amides is 1. The molecular formula is C21H21N5O3. The van der Waals surface area contributed by atoms with E-state index in [1.54, 1.807) is 30.3 Å². The third kappa shape index (κ3) is 5.07. The first kappa shape index (κ1) is 19.8. The zero-order valence-electron chi connectivity index (χ0n) is 16.3. The number of hydrogen-bond acceptors (Lipinski definition) is 7. The van der Waals surface area contributed by atoms with Gasteiger partial charge < -0.3 is 20.3 Å². The van der Waals surface area contributed by atoms with E-state index in [1.807, 2.05) is 43.3 Å². The second kappa shape index (κ2) is 8.83. The number of aromatic nitrogens is 2. The number of rotatable bonds is 6. The van der Waals surface area contributed by atoms with Crippen LogP contribution in [0.25, 0.3) is 0 Å². The van der Waals surface area contributed by atoms with Crippen molar-refractivity contribution in [1.29, 1.82) is 0 Å². The van der Waals surface area contributed by atoms with Crippen LogP contribution in [0.15, 0.2) is 60.7 Å². The standard InChI is InChI=1S/C21H21N5O3/c1-26(2)17-9-7-15(8-10-17)22-19-12-11-18(24-25-19)20(27)23-16-6-4-5-14(13-16)21(28)29-3/h4-13H,1-3H3,(H,22,25)(H,23,27). The first-order valence-electron chi connectivity index (χ1n) is 8.84. The summed E-state index contributed by atoms with van der Waals surface area (Å²) in [4.78, 5) is 26.0. The lowest BCUT2D eigenvalue weighted by Crippen LogP contribution is -2.15. The van der Waals surface area contributed by atoms with Crippen molar-refractivity contribution in [3.63, 3.8) is 0 Å². The second-order valence-electron chi connectivity index (χ2n) is 6.40. The average molecular weight is 391 g/mol. The number of nitrogens with one attached hydrogen (secondary N) is 2. The van der Waals surface area contributed by atoms with Gasteiger partial charge in [0.2, 0.25) is 0 Å². The van der Waals surface area contributed by atoms with E-state index in [0.717, 1.165) is 11.4 Å². The molecule has 1 aromatic heterocycles. The van der Waals surface area contributed by atoms with Crippen molar-refractivity contribution in [2.75, 3.05) is 36.7 Å². The van der Waals surface area contributed by atoms with Gasteiger partial charge >= 0.3 is 5.97 Å². The SMILES string of the molecule is COC(=O)c1cccc(NC(=O)c2ccc(Nc3ccc(N(C)C)cc3)nn2)c1. The molecule has 3 aromatic rings. The van der Waals surface area contributed by atoms with Crippen molar-refractivity contribution < 1.29 is 14.3 Å². The Hall–Kier alpha value is -3.94. The molecule has 0 radical (unpaired) electrons.